The van der Waals surface area contributed by atoms with Crippen LogP contribution in [0, 0.1) is 5.92 Å². The molecule has 0 saturated carbocycles. The van der Waals surface area contributed by atoms with Crippen molar-refractivity contribution >= 4 is 0 Å². The molecule has 0 aliphatic rings. The normalized spacial score (nSPS) is 10.6. The van der Waals surface area contributed by atoms with Gasteiger partial charge in [-0.15, -0.1) is 0 Å². The number of nitrogens with one attached hydrogen (secondary N) is 1. The fourth-order valence-electron chi connectivity index (χ4n) is 1.06. The van der Waals surface area contributed by atoms with Crippen molar-refractivity contribution in [3.63, 3.8) is 0 Å². The van der Waals surface area contributed by atoms with Crippen molar-refractivity contribution in [2.75, 3.05) is 13.2 Å². The standard InChI is InChI=1S/C11H18N2O2/c1-4-5-14-11-13-10(8-15-11)7-12-6-9(2)3/h4,8-9,12H,1,5-7H2,2-3H3. The van der Waals surface area contributed by atoms with Crippen LogP contribution in [0.2, 0.25) is 0 Å². The first-order valence-corrected chi connectivity index (χ1v) is 5.11. The maximum Gasteiger partial charge on any atom is 0.394 e. The molecule has 0 aliphatic heterocycles. The summed E-state index contributed by atoms with van der Waals surface area (Å²) in [6.45, 7) is 9.96. The van der Waals surface area contributed by atoms with Gasteiger partial charge >= 0.3 is 6.08 Å². The highest BCUT2D eigenvalue weighted by molar-refractivity contribution is 4.99. The number of hydrogen-bond donors (Lipinski definition) is 1. The van der Waals surface area contributed by atoms with Gasteiger partial charge in [0.1, 0.15) is 12.9 Å². The Morgan fingerprint density at radius 1 is 1.67 bits per heavy atom. The Morgan fingerprint density at radius 2 is 2.47 bits per heavy atom. The second kappa shape index (κ2) is 6.24. The summed E-state index contributed by atoms with van der Waals surface area (Å²) in [5, 5.41) is 3.27. The number of nitrogens with zero attached hydrogens (tertiary/aromatic N) is 1. The zero-order chi connectivity index (χ0) is 11.1. The number of rotatable bonds is 7. The van der Waals surface area contributed by atoms with Crippen LogP contribution >= 0.6 is 0 Å². The highest BCUT2D eigenvalue weighted by Crippen LogP contribution is 2.09. The van der Waals surface area contributed by atoms with E-state index >= 15 is 0 Å². The van der Waals surface area contributed by atoms with E-state index in [1.54, 1.807) is 12.3 Å². The molecule has 0 spiro atoms. The molecule has 84 valence electrons. The number of ether oxygens (including phenoxy) is 1. The predicted octanol–water partition coefficient (Wildman–Crippen LogP) is 1.98. The Hall–Kier alpha value is -1.29. The maximum atomic E-state index is 5.14. The molecule has 0 fully saturated rings. The summed E-state index contributed by atoms with van der Waals surface area (Å²) in [7, 11) is 0. The second-order valence-corrected chi connectivity index (χ2v) is 3.73. The van der Waals surface area contributed by atoms with E-state index in [-0.39, 0.29) is 0 Å². The Kier molecular flexibility index (Phi) is 4.90. The molecule has 0 bridgehead atoms. The van der Waals surface area contributed by atoms with Crippen molar-refractivity contribution in [3.8, 4) is 6.08 Å². The number of aromatic nitrogens is 1. The largest absolute Gasteiger partial charge is 0.446 e. The Balaban J connectivity index is 2.29. The van der Waals surface area contributed by atoms with Crippen LogP contribution in [0.5, 0.6) is 6.08 Å². The molecule has 4 nitrogen and oxygen atoms in total. The third-order valence-electron chi connectivity index (χ3n) is 1.71. The number of oxazole rings is 1. The van der Waals surface area contributed by atoms with Crippen molar-refractivity contribution in [2.45, 2.75) is 20.4 Å². The van der Waals surface area contributed by atoms with Gasteiger partial charge in [-0.3, -0.25) is 0 Å². The molecule has 0 amide bonds. The molecule has 0 aliphatic carbocycles. The summed E-state index contributed by atoms with van der Waals surface area (Å²) in [5.41, 5.74) is 0.856. The lowest BCUT2D eigenvalue weighted by molar-refractivity contribution is 0.258. The van der Waals surface area contributed by atoms with Crippen LogP contribution in [-0.4, -0.2) is 18.1 Å². The fourth-order valence-corrected chi connectivity index (χ4v) is 1.06. The fraction of sp³-hybridized carbons (Fsp3) is 0.545. The second-order valence-electron chi connectivity index (χ2n) is 3.73. The van der Waals surface area contributed by atoms with E-state index in [1.807, 2.05) is 0 Å². The quantitative estimate of drug-likeness (QED) is 0.699. The third-order valence-corrected chi connectivity index (χ3v) is 1.71. The molecular weight excluding hydrogens is 192 g/mol. The summed E-state index contributed by atoms with van der Waals surface area (Å²) >= 11 is 0. The van der Waals surface area contributed by atoms with E-state index in [9.17, 15) is 0 Å². The zero-order valence-electron chi connectivity index (χ0n) is 9.32. The van der Waals surface area contributed by atoms with E-state index in [1.165, 1.54) is 0 Å². The maximum absolute atomic E-state index is 5.14. The van der Waals surface area contributed by atoms with Crippen LogP contribution < -0.4 is 10.1 Å². The minimum atomic E-state index is 0.302. The van der Waals surface area contributed by atoms with Gasteiger partial charge in [-0.05, 0) is 12.5 Å². The van der Waals surface area contributed by atoms with E-state index in [0.29, 0.717) is 25.1 Å². The lowest BCUT2D eigenvalue weighted by Gasteiger charge is -2.04. The van der Waals surface area contributed by atoms with Gasteiger partial charge in [0.15, 0.2) is 0 Å². The SMILES string of the molecule is C=CCOc1nc(CNCC(C)C)co1. The molecule has 1 N–H and O–H groups in total. The first kappa shape index (κ1) is 11.8. The minimum Gasteiger partial charge on any atom is -0.446 e. The van der Waals surface area contributed by atoms with Crippen molar-refractivity contribution in [3.05, 3.63) is 24.6 Å². The van der Waals surface area contributed by atoms with Crippen molar-refractivity contribution in [1.82, 2.24) is 10.3 Å². The van der Waals surface area contributed by atoms with E-state index in [0.717, 1.165) is 12.2 Å². The van der Waals surface area contributed by atoms with Crippen molar-refractivity contribution in [1.29, 1.82) is 0 Å². The van der Waals surface area contributed by atoms with Crippen LogP contribution in [0.1, 0.15) is 19.5 Å². The van der Waals surface area contributed by atoms with Gasteiger partial charge in [-0.25, -0.2) is 0 Å². The highest BCUT2D eigenvalue weighted by Gasteiger charge is 2.03. The van der Waals surface area contributed by atoms with Crippen LogP contribution in [0.3, 0.4) is 0 Å². The monoisotopic (exact) mass is 210 g/mol. The lowest BCUT2D eigenvalue weighted by Crippen LogP contribution is -2.19. The Bertz CT molecular complexity index is 295. The average Bonchev–Trinajstić information content (AvgIpc) is 2.62. The van der Waals surface area contributed by atoms with Crippen molar-refractivity contribution < 1.29 is 9.15 Å². The van der Waals surface area contributed by atoms with Crippen LogP contribution in [0.15, 0.2) is 23.3 Å². The Labute approximate surface area is 90.3 Å². The van der Waals surface area contributed by atoms with Gasteiger partial charge < -0.3 is 14.5 Å². The van der Waals surface area contributed by atoms with E-state index in [2.05, 4.69) is 30.7 Å². The number of hydrogen-bond acceptors (Lipinski definition) is 4. The first-order chi connectivity index (χ1) is 7.22. The first-order valence-electron chi connectivity index (χ1n) is 5.11. The lowest BCUT2D eigenvalue weighted by atomic mass is 10.2. The molecule has 15 heavy (non-hydrogen) atoms. The third kappa shape index (κ3) is 4.65. The highest BCUT2D eigenvalue weighted by atomic mass is 16.6. The van der Waals surface area contributed by atoms with Gasteiger partial charge in [0, 0.05) is 6.54 Å². The van der Waals surface area contributed by atoms with Gasteiger partial charge in [-0.2, -0.15) is 4.98 Å². The molecule has 4 heteroatoms. The van der Waals surface area contributed by atoms with Gasteiger partial charge in [0.25, 0.3) is 0 Å². The van der Waals surface area contributed by atoms with Gasteiger partial charge in [0.05, 0.1) is 5.69 Å². The molecule has 0 unspecified atom stereocenters. The summed E-state index contributed by atoms with van der Waals surface area (Å²) < 4.78 is 10.2. The van der Waals surface area contributed by atoms with Gasteiger partial charge in [0.2, 0.25) is 0 Å². The summed E-state index contributed by atoms with van der Waals surface area (Å²) in [4.78, 5) is 4.15. The van der Waals surface area contributed by atoms with Crippen LogP contribution in [0.25, 0.3) is 0 Å². The minimum absolute atomic E-state index is 0.302. The zero-order valence-corrected chi connectivity index (χ0v) is 9.32. The summed E-state index contributed by atoms with van der Waals surface area (Å²) in [6.07, 6.45) is 3.56. The summed E-state index contributed by atoms with van der Waals surface area (Å²) in [6, 6.07) is 0. The molecule has 1 aromatic heterocycles. The molecule has 0 atom stereocenters. The molecule has 1 rings (SSSR count). The molecule has 1 aromatic rings. The van der Waals surface area contributed by atoms with E-state index < -0.39 is 0 Å². The van der Waals surface area contributed by atoms with Crippen molar-refractivity contribution in [2.24, 2.45) is 5.92 Å². The van der Waals surface area contributed by atoms with Gasteiger partial charge in [-0.1, -0.05) is 26.5 Å². The topological polar surface area (TPSA) is 47.3 Å². The Morgan fingerprint density at radius 3 is 3.13 bits per heavy atom. The molecule has 0 aromatic carbocycles. The molecular formula is C11H18N2O2. The molecule has 1 heterocycles. The predicted molar refractivity (Wildman–Crippen MR) is 58.7 cm³/mol. The van der Waals surface area contributed by atoms with Crippen LogP contribution in [-0.2, 0) is 6.54 Å². The molecule has 0 saturated heterocycles. The average molecular weight is 210 g/mol. The summed E-state index contributed by atoms with van der Waals surface area (Å²) in [5.74, 6) is 0.633. The molecule has 0 radical (unpaired) electrons. The smallest absolute Gasteiger partial charge is 0.394 e. The van der Waals surface area contributed by atoms with E-state index in [4.69, 9.17) is 9.15 Å². The van der Waals surface area contributed by atoms with Crippen LogP contribution in [0.4, 0.5) is 0 Å².